The number of nitrogens with zero attached hydrogens (tertiary/aromatic N) is 2. The van der Waals surface area contributed by atoms with Crippen LogP contribution in [0.3, 0.4) is 0 Å². The van der Waals surface area contributed by atoms with Crippen LogP contribution in [-0.2, 0) is 9.47 Å². The molecule has 3 unspecified atom stereocenters. The molecule has 0 aromatic carbocycles. The van der Waals surface area contributed by atoms with Crippen LogP contribution in [0, 0.1) is 0 Å². The molecule has 6 nitrogen and oxygen atoms in total. The Morgan fingerprint density at radius 3 is 3.00 bits per heavy atom. The molecule has 2 N–H and O–H groups in total. The number of rotatable bonds is 4. The number of hydrogen-bond donors (Lipinski definition) is 1. The van der Waals surface area contributed by atoms with Crippen molar-refractivity contribution in [2.24, 2.45) is 5.73 Å². The summed E-state index contributed by atoms with van der Waals surface area (Å²) in [4.78, 5) is 4.26. The first-order chi connectivity index (χ1) is 7.74. The highest BCUT2D eigenvalue weighted by molar-refractivity contribution is 4.95. The maximum absolute atomic E-state index is 5.66. The maximum atomic E-state index is 5.66. The first-order valence-corrected chi connectivity index (χ1v) is 5.46. The van der Waals surface area contributed by atoms with E-state index in [1.54, 1.807) is 7.11 Å². The van der Waals surface area contributed by atoms with Crippen molar-refractivity contribution >= 4 is 0 Å². The minimum atomic E-state index is -0.163. The van der Waals surface area contributed by atoms with Crippen LogP contribution in [0.25, 0.3) is 0 Å². The first kappa shape index (κ1) is 11.5. The normalized spacial score (nSPS) is 27.2. The fraction of sp³-hybridized carbons (Fsp3) is 0.800. The Balaban J connectivity index is 2.02. The molecule has 0 aliphatic carbocycles. The van der Waals surface area contributed by atoms with E-state index in [2.05, 4.69) is 10.1 Å². The van der Waals surface area contributed by atoms with Crippen LogP contribution in [0.2, 0.25) is 0 Å². The standard InChI is InChI=1S/C10H17N3O3/c1-6(14-2)9-12-10(16-13-9)8-4-3-7(5-11)15-8/h6-8H,3-5,11H2,1-2H3. The Morgan fingerprint density at radius 2 is 2.38 bits per heavy atom. The molecular weight excluding hydrogens is 210 g/mol. The largest absolute Gasteiger partial charge is 0.374 e. The van der Waals surface area contributed by atoms with Crippen molar-refractivity contribution in [2.45, 2.75) is 38.1 Å². The minimum Gasteiger partial charge on any atom is -0.374 e. The lowest BCUT2D eigenvalue weighted by Gasteiger charge is -2.07. The summed E-state index contributed by atoms with van der Waals surface area (Å²) >= 11 is 0. The van der Waals surface area contributed by atoms with Gasteiger partial charge in [-0.1, -0.05) is 5.16 Å². The Morgan fingerprint density at radius 1 is 1.56 bits per heavy atom. The average molecular weight is 227 g/mol. The molecule has 6 heteroatoms. The molecule has 1 aromatic rings. The predicted octanol–water partition coefficient (Wildman–Crippen LogP) is 0.956. The van der Waals surface area contributed by atoms with Gasteiger partial charge in [0.15, 0.2) is 5.82 Å². The lowest BCUT2D eigenvalue weighted by Crippen LogP contribution is -2.18. The van der Waals surface area contributed by atoms with Crippen LogP contribution in [0.1, 0.15) is 43.7 Å². The molecule has 0 bridgehead atoms. The fourth-order valence-corrected chi connectivity index (χ4v) is 1.71. The fourth-order valence-electron chi connectivity index (χ4n) is 1.71. The predicted molar refractivity (Wildman–Crippen MR) is 55.6 cm³/mol. The molecule has 0 radical (unpaired) electrons. The number of hydrogen-bond acceptors (Lipinski definition) is 6. The molecule has 2 heterocycles. The third kappa shape index (κ3) is 2.23. The number of methoxy groups -OCH3 is 1. The molecule has 1 aliphatic heterocycles. The van der Waals surface area contributed by atoms with Crippen molar-refractivity contribution in [3.8, 4) is 0 Å². The quantitative estimate of drug-likeness (QED) is 0.824. The highest BCUT2D eigenvalue weighted by atomic mass is 16.5. The topological polar surface area (TPSA) is 83.4 Å². The van der Waals surface area contributed by atoms with Gasteiger partial charge in [0.25, 0.3) is 5.89 Å². The minimum absolute atomic E-state index is 0.111. The Hall–Kier alpha value is -0.980. The van der Waals surface area contributed by atoms with Crippen LogP contribution < -0.4 is 5.73 Å². The van der Waals surface area contributed by atoms with Gasteiger partial charge in [0, 0.05) is 13.7 Å². The molecule has 0 amide bonds. The zero-order valence-electron chi connectivity index (χ0n) is 9.55. The number of aromatic nitrogens is 2. The van der Waals surface area contributed by atoms with E-state index in [-0.39, 0.29) is 18.3 Å². The molecule has 1 aromatic heterocycles. The summed E-state index contributed by atoms with van der Waals surface area (Å²) in [5.41, 5.74) is 5.54. The second kappa shape index (κ2) is 4.90. The highest BCUT2D eigenvalue weighted by Gasteiger charge is 2.30. The van der Waals surface area contributed by atoms with E-state index >= 15 is 0 Å². The highest BCUT2D eigenvalue weighted by Crippen LogP contribution is 2.31. The van der Waals surface area contributed by atoms with E-state index in [0.29, 0.717) is 18.3 Å². The van der Waals surface area contributed by atoms with Gasteiger partial charge in [-0.05, 0) is 19.8 Å². The third-order valence-electron chi connectivity index (χ3n) is 2.82. The summed E-state index contributed by atoms with van der Waals surface area (Å²) in [5.74, 6) is 1.08. The van der Waals surface area contributed by atoms with E-state index in [9.17, 15) is 0 Å². The number of ether oxygens (including phenoxy) is 2. The molecule has 2 rings (SSSR count). The van der Waals surface area contributed by atoms with E-state index in [1.165, 1.54) is 0 Å². The summed E-state index contributed by atoms with van der Waals surface area (Å²) < 4.78 is 15.9. The zero-order chi connectivity index (χ0) is 11.5. The van der Waals surface area contributed by atoms with Gasteiger partial charge in [-0.25, -0.2) is 0 Å². The van der Waals surface area contributed by atoms with Gasteiger partial charge in [0.1, 0.15) is 12.2 Å². The van der Waals surface area contributed by atoms with Gasteiger partial charge in [-0.15, -0.1) is 0 Å². The van der Waals surface area contributed by atoms with Crippen molar-refractivity contribution in [3.05, 3.63) is 11.7 Å². The van der Waals surface area contributed by atoms with Crippen LogP contribution in [0.5, 0.6) is 0 Å². The second-order valence-electron chi connectivity index (χ2n) is 3.93. The van der Waals surface area contributed by atoms with E-state index in [0.717, 1.165) is 12.8 Å². The molecule has 0 saturated carbocycles. The van der Waals surface area contributed by atoms with Crippen molar-refractivity contribution in [1.29, 1.82) is 0 Å². The number of nitrogens with two attached hydrogens (primary N) is 1. The monoisotopic (exact) mass is 227 g/mol. The Labute approximate surface area is 94.1 Å². The van der Waals surface area contributed by atoms with Crippen LogP contribution in [0.15, 0.2) is 4.52 Å². The summed E-state index contributed by atoms with van der Waals surface area (Å²) in [6, 6.07) is 0. The van der Waals surface area contributed by atoms with Gasteiger partial charge >= 0.3 is 0 Å². The van der Waals surface area contributed by atoms with E-state index in [4.69, 9.17) is 19.7 Å². The smallest absolute Gasteiger partial charge is 0.255 e. The van der Waals surface area contributed by atoms with Gasteiger partial charge in [-0.2, -0.15) is 4.98 Å². The average Bonchev–Trinajstić information content (AvgIpc) is 2.95. The molecular formula is C10H17N3O3. The first-order valence-electron chi connectivity index (χ1n) is 5.46. The summed E-state index contributed by atoms with van der Waals surface area (Å²) in [7, 11) is 1.61. The lowest BCUT2D eigenvalue weighted by molar-refractivity contribution is 0.0307. The zero-order valence-corrected chi connectivity index (χ0v) is 9.55. The SMILES string of the molecule is COC(C)c1noc(C2CCC(CN)O2)n1. The van der Waals surface area contributed by atoms with Crippen LogP contribution in [-0.4, -0.2) is 29.9 Å². The van der Waals surface area contributed by atoms with Gasteiger partial charge in [-0.3, -0.25) is 0 Å². The lowest BCUT2D eigenvalue weighted by atomic mass is 10.2. The van der Waals surface area contributed by atoms with Crippen LogP contribution >= 0.6 is 0 Å². The molecule has 1 aliphatic rings. The summed E-state index contributed by atoms with van der Waals surface area (Å²) in [5, 5.41) is 3.86. The molecule has 0 spiro atoms. The van der Waals surface area contributed by atoms with Gasteiger partial charge in [0.2, 0.25) is 0 Å². The Bertz CT molecular complexity index is 342. The van der Waals surface area contributed by atoms with Gasteiger partial charge in [0.05, 0.1) is 6.10 Å². The van der Waals surface area contributed by atoms with Gasteiger partial charge < -0.3 is 19.7 Å². The second-order valence-corrected chi connectivity index (χ2v) is 3.93. The molecule has 3 atom stereocenters. The molecule has 16 heavy (non-hydrogen) atoms. The van der Waals surface area contributed by atoms with Crippen molar-refractivity contribution < 1.29 is 14.0 Å². The molecule has 1 saturated heterocycles. The molecule has 1 fully saturated rings. The van der Waals surface area contributed by atoms with E-state index < -0.39 is 0 Å². The van der Waals surface area contributed by atoms with Crippen molar-refractivity contribution in [1.82, 2.24) is 10.1 Å². The van der Waals surface area contributed by atoms with E-state index in [1.807, 2.05) is 6.92 Å². The Kier molecular flexibility index (Phi) is 3.52. The van der Waals surface area contributed by atoms with Crippen molar-refractivity contribution in [2.75, 3.05) is 13.7 Å². The third-order valence-corrected chi connectivity index (χ3v) is 2.82. The summed E-state index contributed by atoms with van der Waals surface area (Å²) in [6.45, 7) is 2.40. The maximum Gasteiger partial charge on any atom is 0.255 e. The van der Waals surface area contributed by atoms with Crippen molar-refractivity contribution in [3.63, 3.8) is 0 Å². The van der Waals surface area contributed by atoms with Crippen LogP contribution in [0.4, 0.5) is 0 Å². The molecule has 90 valence electrons. The summed E-state index contributed by atoms with van der Waals surface area (Å²) in [6.07, 6.45) is 1.66.